The Labute approximate surface area is 339 Å². The van der Waals surface area contributed by atoms with Gasteiger partial charge in [0.15, 0.2) is 0 Å². The summed E-state index contributed by atoms with van der Waals surface area (Å²) < 4.78 is 5.19. The van der Waals surface area contributed by atoms with Crippen LogP contribution in [0.2, 0.25) is 0 Å². The summed E-state index contributed by atoms with van der Waals surface area (Å²) in [6.07, 6.45) is 5.97. The lowest BCUT2D eigenvalue weighted by Gasteiger charge is -2.23. The number of halogens is 1. The Bertz CT molecular complexity index is 1100. The van der Waals surface area contributed by atoms with Crippen molar-refractivity contribution in [3.05, 3.63) is 62.3 Å². The van der Waals surface area contributed by atoms with Crippen LogP contribution in [-0.2, 0) is 19.1 Å². The van der Waals surface area contributed by atoms with E-state index in [1.54, 1.807) is 13.8 Å². The molecule has 2 heterocycles. The van der Waals surface area contributed by atoms with Crippen molar-refractivity contribution in [2.24, 2.45) is 38.7 Å². The molecule has 0 aromatic carbocycles. The van der Waals surface area contributed by atoms with E-state index in [0.717, 1.165) is 23.7 Å². The van der Waals surface area contributed by atoms with Gasteiger partial charge in [0.2, 0.25) is 17.7 Å². The molecule has 0 aromatic rings. The van der Waals surface area contributed by atoms with E-state index in [9.17, 15) is 14.4 Å². The van der Waals surface area contributed by atoms with E-state index in [-0.39, 0.29) is 58.1 Å². The number of ether oxygens (including phenoxy) is 1. The molecule has 3 amide bonds. The average molecular weight is 830 g/mol. The number of hydrogen-bond donors (Lipinski definition) is 4. The van der Waals surface area contributed by atoms with Crippen LogP contribution in [-0.4, -0.2) is 72.9 Å². The number of thioether (sulfide) groups is 1. The monoisotopic (exact) mass is 829 g/mol. The Balaban J connectivity index is -0.000000289. The van der Waals surface area contributed by atoms with Gasteiger partial charge in [0.05, 0.1) is 12.7 Å². The second kappa shape index (κ2) is 26.6. The number of nitrogens with one attached hydrogen (secondary N) is 3. The van der Waals surface area contributed by atoms with Gasteiger partial charge in [0.25, 0.3) is 0 Å². The summed E-state index contributed by atoms with van der Waals surface area (Å²) in [7, 11) is 0. The van der Waals surface area contributed by atoms with Crippen LogP contribution in [0.3, 0.4) is 0 Å². The Morgan fingerprint density at radius 2 is 1.15 bits per heavy atom. The molecule has 2 rings (SSSR count). The summed E-state index contributed by atoms with van der Waals surface area (Å²) in [5.41, 5.74) is 7.11. The number of nitrogens with two attached hydrogens (primary N) is 1. The molecule has 10 heteroatoms. The first kappa shape index (κ1) is 57.6. The number of amides is 3. The molecule has 310 valence electrons. The number of carbonyl (C=O) groups is 3. The SMILES string of the molecule is C.C=C(C)C(=O)NCC(C)(C)C1CO1.C=C(C)C(=O)NCC(C)(C)C1CS1.C=CC(C)(C)CBr.C=CC(C)(C)CN.C=CC(C)(C)CNC(=O)C(C)C. The molecule has 0 bridgehead atoms. The molecule has 53 heavy (non-hydrogen) atoms. The van der Waals surface area contributed by atoms with Gasteiger partial charge in [0, 0.05) is 65.0 Å². The van der Waals surface area contributed by atoms with Crippen molar-refractivity contribution in [3.8, 4) is 0 Å². The molecule has 8 nitrogen and oxygen atoms in total. The maximum Gasteiger partial charge on any atom is 0.246 e. The molecule has 2 aliphatic heterocycles. The predicted octanol–water partition coefficient (Wildman–Crippen LogP) is 9.28. The van der Waals surface area contributed by atoms with Crippen molar-refractivity contribution in [2.45, 2.75) is 116 Å². The second-order valence-electron chi connectivity index (χ2n) is 17.3. The maximum absolute atomic E-state index is 11.2. The Morgan fingerprint density at radius 3 is 1.38 bits per heavy atom. The van der Waals surface area contributed by atoms with E-state index in [1.165, 1.54) is 5.75 Å². The molecule has 2 saturated heterocycles. The fourth-order valence-electron chi connectivity index (χ4n) is 2.87. The molecule has 0 aromatic heterocycles. The van der Waals surface area contributed by atoms with Gasteiger partial charge in [-0.05, 0) is 35.5 Å². The predicted molar refractivity (Wildman–Crippen MR) is 239 cm³/mol. The Kier molecular flexibility index (Phi) is 28.9. The average Bonchev–Trinajstić information content (AvgIpc) is 3.98. The topological polar surface area (TPSA) is 126 Å². The van der Waals surface area contributed by atoms with Gasteiger partial charge in [-0.1, -0.05) is 138 Å². The van der Waals surface area contributed by atoms with E-state index < -0.39 is 0 Å². The summed E-state index contributed by atoms with van der Waals surface area (Å²) >= 11 is 5.32. The van der Waals surface area contributed by atoms with E-state index in [1.807, 2.05) is 57.7 Å². The van der Waals surface area contributed by atoms with Crippen LogP contribution in [0.25, 0.3) is 0 Å². The maximum atomic E-state index is 11.2. The molecule has 2 unspecified atom stereocenters. The van der Waals surface area contributed by atoms with Gasteiger partial charge in [-0.3, -0.25) is 14.4 Å². The lowest BCUT2D eigenvalue weighted by atomic mass is 9.89. The third kappa shape index (κ3) is 30.8. The van der Waals surface area contributed by atoms with Crippen molar-refractivity contribution in [3.63, 3.8) is 0 Å². The van der Waals surface area contributed by atoms with Crippen molar-refractivity contribution in [1.29, 1.82) is 0 Å². The largest absolute Gasteiger partial charge is 0.372 e. The fourth-order valence-corrected chi connectivity index (χ4v) is 4.18. The van der Waals surface area contributed by atoms with Crippen LogP contribution in [0.15, 0.2) is 62.3 Å². The second-order valence-corrected chi connectivity index (χ2v) is 19.1. The Hall–Kier alpha value is -2.14. The summed E-state index contributed by atoms with van der Waals surface area (Å²) in [6, 6.07) is 0. The van der Waals surface area contributed by atoms with Crippen LogP contribution in [0, 0.1) is 33.0 Å². The molecule has 2 atom stereocenters. The number of hydrogen-bond acceptors (Lipinski definition) is 6. The number of epoxide rings is 1. The minimum atomic E-state index is -0.0753. The molecular formula is C43H81BrN4O4S. The number of allylic oxidation sites excluding steroid dienone is 1. The first-order chi connectivity index (χ1) is 23.5. The molecule has 5 N–H and O–H groups in total. The van der Waals surface area contributed by atoms with Crippen LogP contribution >= 0.6 is 27.7 Å². The molecular weight excluding hydrogens is 748 g/mol. The number of rotatable bonds is 16. The summed E-state index contributed by atoms with van der Waals surface area (Å²) in [5.74, 6) is 1.29. The van der Waals surface area contributed by atoms with E-state index in [0.29, 0.717) is 36.9 Å². The zero-order valence-corrected chi connectivity index (χ0v) is 37.8. The third-order valence-corrected chi connectivity index (χ3v) is 11.1. The summed E-state index contributed by atoms with van der Waals surface area (Å²) in [6.45, 7) is 49.9. The van der Waals surface area contributed by atoms with Gasteiger partial charge in [-0.25, -0.2) is 0 Å². The third-order valence-electron chi connectivity index (χ3n) is 8.37. The van der Waals surface area contributed by atoms with Gasteiger partial charge in [-0.15, -0.1) is 19.7 Å². The van der Waals surface area contributed by atoms with E-state index in [2.05, 4.69) is 120 Å². The van der Waals surface area contributed by atoms with E-state index >= 15 is 0 Å². The molecule has 0 aliphatic carbocycles. The minimum absolute atomic E-state index is 0. The highest BCUT2D eigenvalue weighted by Gasteiger charge is 2.40. The van der Waals surface area contributed by atoms with Gasteiger partial charge in [-0.2, -0.15) is 11.8 Å². The first-order valence-electron chi connectivity index (χ1n) is 18.1. The summed E-state index contributed by atoms with van der Waals surface area (Å²) in [4.78, 5) is 33.6. The van der Waals surface area contributed by atoms with Crippen LogP contribution in [0.4, 0.5) is 0 Å². The standard InChI is InChI=1S/C10H17NO2.C10H17NOS.C10H19NO.C6H11Br.C6H13N.CH4/c2*1-7(2)9(12)11-6-10(3,4)8-5-13-8;1-6-10(4,5)7-11-9(12)8(2)3;2*1-4-6(2,3)5-7;/h2*8H,1,5-6H2,2-4H3,(H,11,12);6,8H,1,7H2,2-5H3,(H,11,12);4H,1,5H2,2-3H3;4H,1,5,7H2,2-3H3;1H4. The first-order valence-corrected chi connectivity index (χ1v) is 20.2. The zero-order valence-electron chi connectivity index (χ0n) is 35.4. The van der Waals surface area contributed by atoms with Gasteiger partial charge >= 0.3 is 0 Å². The highest BCUT2D eigenvalue weighted by molar-refractivity contribution is 9.09. The number of carbonyl (C=O) groups excluding carboxylic acids is 3. The Morgan fingerprint density at radius 1 is 0.774 bits per heavy atom. The van der Waals surface area contributed by atoms with Gasteiger partial charge in [0.1, 0.15) is 0 Å². The normalized spacial score (nSPS) is 15.9. The van der Waals surface area contributed by atoms with Crippen molar-refractivity contribution < 1.29 is 19.1 Å². The highest BCUT2D eigenvalue weighted by atomic mass is 79.9. The quantitative estimate of drug-likeness (QED) is 0.0532. The molecule has 2 fully saturated rings. The van der Waals surface area contributed by atoms with Crippen LogP contribution < -0.4 is 21.7 Å². The number of alkyl halides is 1. The lowest BCUT2D eigenvalue weighted by Crippen LogP contribution is -2.37. The fraction of sp³-hybridized carbons (Fsp3) is 0.698. The summed E-state index contributed by atoms with van der Waals surface area (Å²) in [5, 5.41) is 10.3. The molecule has 0 saturated carbocycles. The molecule has 0 radical (unpaired) electrons. The lowest BCUT2D eigenvalue weighted by molar-refractivity contribution is -0.124. The molecule has 0 spiro atoms. The van der Waals surface area contributed by atoms with Gasteiger partial charge < -0.3 is 26.4 Å². The van der Waals surface area contributed by atoms with E-state index in [4.69, 9.17) is 10.5 Å². The smallest absolute Gasteiger partial charge is 0.246 e. The van der Waals surface area contributed by atoms with Crippen LogP contribution in [0.1, 0.15) is 104 Å². The zero-order chi connectivity index (χ0) is 41.7. The molecule has 2 aliphatic rings. The van der Waals surface area contributed by atoms with Crippen molar-refractivity contribution in [2.75, 3.05) is 43.9 Å². The minimum Gasteiger partial charge on any atom is -0.372 e. The van der Waals surface area contributed by atoms with Crippen molar-refractivity contribution >= 4 is 45.4 Å². The van der Waals surface area contributed by atoms with Crippen molar-refractivity contribution in [1.82, 2.24) is 16.0 Å². The van der Waals surface area contributed by atoms with Crippen LogP contribution in [0.5, 0.6) is 0 Å². The highest BCUT2D eigenvalue weighted by Crippen LogP contribution is 2.44.